The van der Waals surface area contributed by atoms with Crippen molar-refractivity contribution in [3.8, 4) is 0 Å². The zero-order valence-corrected chi connectivity index (χ0v) is 12.4. The van der Waals surface area contributed by atoms with Crippen LogP contribution in [0.5, 0.6) is 0 Å². The number of thioether (sulfide) groups is 1. The Morgan fingerprint density at radius 3 is 2.82 bits per heavy atom. The Balaban J connectivity index is 2.35. The van der Waals surface area contributed by atoms with Crippen LogP contribution in [0.3, 0.4) is 0 Å². The van der Waals surface area contributed by atoms with Crippen molar-refractivity contribution >= 4 is 39.3 Å². The molecule has 0 atom stereocenters. The fourth-order valence-corrected chi connectivity index (χ4v) is 2.46. The van der Waals surface area contributed by atoms with Gasteiger partial charge in [0, 0.05) is 21.5 Å². The minimum absolute atomic E-state index is 0.00245. The number of rotatable bonds is 5. The first-order valence-corrected chi connectivity index (χ1v) is 7.24. The molecule has 94 valence electrons. The maximum Gasteiger partial charge on any atom is 0.234 e. The van der Waals surface area contributed by atoms with Crippen molar-refractivity contribution < 1.29 is 4.79 Å². The quantitative estimate of drug-likeness (QED) is 0.878. The molecule has 3 N–H and O–H groups in total. The number of nitrogens with two attached hydrogens (primary N) is 1. The normalized spacial score (nSPS) is 11.3. The lowest BCUT2D eigenvalue weighted by molar-refractivity contribution is -0.113. The molecule has 0 fully saturated rings. The second-order valence-corrected chi connectivity index (χ2v) is 6.44. The predicted molar refractivity (Wildman–Crippen MR) is 78.4 cm³/mol. The number of benzene rings is 1. The number of carbonyl (C=O) groups is 1. The number of nitrogens with one attached hydrogen (secondary N) is 1. The van der Waals surface area contributed by atoms with E-state index in [1.807, 2.05) is 38.1 Å². The molecule has 5 heteroatoms. The number of hydrogen-bond donors (Lipinski definition) is 2. The molecular formula is C12H17BrN2OS. The Bertz CT molecular complexity index is 390. The van der Waals surface area contributed by atoms with E-state index in [1.165, 1.54) is 0 Å². The summed E-state index contributed by atoms with van der Waals surface area (Å²) in [6.07, 6.45) is 0. The molecule has 0 spiro atoms. The van der Waals surface area contributed by atoms with Gasteiger partial charge < -0.3 is 11.1 Å². The molecule has 1 rings (SSSR count). The number of halogens is 1. The van der Waals surface area contributed by atoms with Gasteiger partial charge >= 0.3 is 0 Å². The lowest BCUT2D eigenvalue weighted by Gasteiger charge is -2.17. The minimum Gasteiger partial charge on any atom is -0.325 e. The summed E-state index contributed by atoms with van der Waals surface area (Å²) in [5.74, 6) is 1.18. The second kappa shape index (κ2) is 6.42. The standard InChI is InChI=1S/C12H17BrN2OS/c1-12(2,14)8-17-7-11(16)15-10-5-3-4-9(13)6-10/h3-6H,7-8,14H2,1-2H3,(H,15,16). The van der Waals surface area contributed by atoms with E-state index in [9.17, 15) is 4.79 Å². The molecule has 17 heavy (non-hydrogen) atoms. The number of anilines is 1. The van der Waals surface area contributed by atoms with Gasteiger partial charge in [0.1, 0.15) is 0 Å². The molecule has 0 bridgehead atoms. The average molecular weight is 317 g/mol. The Labute approximate surface area is 115 Å². The van der Waals surface area contributed by atoms with Crippen molar-refractivity contribution in [2.45, 2.75) is 19.4 Å². The highest BCUT2D eigenvalue weighted by Gasteiger charge is 2.11. The van der Waals surface area contributed by atoms with Crippen LogP contribution in [0, 0.1) is 0 Å². The molecule has 3 nitrogen and oxygen atoms in total. The minimum atomic E-state index is -0.235. The van der Waals surface area contributed by atoms with E-state index in [1.54, 1.807) is 11.8 Å². The van der Waals surface area contributed by atoms with Gasteiger partial charge in [0.05, 0.1) is 5.75 Å². The summed E-state index contributed by atoms with van der Waals surface area (Å²) in [4.78, 5) is 11.6. The molecule has 0 saturated carbocycles. The lowest BCUT2D eigenvalue weighted by atomic mass is 10.1. The van der Waals surface area contributed by atoms with E-state index in [-0.39, 0.29) is 11.4 Å². The Morgan fingerprint density at radius 2 is 2.24 bits per heavy atom. The van der Waals surface area contributed by atoms with Crippen LogP contribution in [0.15, 0.2) is 28.7 Å². The fourth-order valence-electron chi connectivity index (χ4n) is 1.17. The molecule has 1 aromatic carbocycles. The molecule has 0 aromatic heterocycles. The van der Waals surface area contributed by atoms with Gasteiger partial charge in [-0.25, -0.2) is 0 Å². The van der Waals surface area contributed by atoms with Crippen molar-refractivity contribution in [3.63, 3.8) is 0 Å². The molecule has 0 aliphatic carbocycles. The van der Waals surface area contributed by atoms with Crippen molar-refractivity contribution in [2.75, 3.05) is 16.8 Å². The van der Waals surface area contributed by atoms with Crippen LogP contribution in [0.4, 0.5) is 5.69 Å². The topological polar surface area (TPSA) is 55.1 Å². The summed E-state index contributed by atoms with van der Waals surface area (Å²) in [6, 6.07) is 7.53. The fraction of sp³-hybridized carbons (Fsp3) is 0.417. The lowest BCUT2D eigenvalue weighted by Crippen LogP contribution is -2.35. The van der Waals surface area contributed by atoms with Crippen LogP contribution in [-0.2, 0) is 4.79 Å². The maximum atomic E-state index is 11.6. The van der Waals surface area contributed by atoms with E-state index in [0.717, 1.165) is 15.9 Å². The highest BCUT2D eigenvalue weighted by atomic mass is 79.9. The average Bonchev–Trinajstić information content (AvgIpc) is 2.15. The highest BCUT2D eigenvalue weighted by Crippen LogP contribution is 2.16. The third kappa shape index (κ3) is 6.71. The highest BCUT2D eigenvalue weighted by molar-refractivity contribution is 9.10. The van der Waals surface area contributed by atoms with Gasteiger partial charge in [0.15, 0.2) is 0 Å². The van der Waals surface area contributed by atoms with Crippen molar-refractivity contribution in [1.29, 1.82) is 0 Å². The second-order valence-electron chi connectivity index (χ2n) is 4.54. The van der Waals surface area contributed by atoms with E-state index in [0.29, 0.717) is 5.75 Å². The van der Waals surface area contributed by atoms with Gasteiger partial charge in [-0.15, -0.1) is 0 Å². The van der Waals surface area contributed by atoms with Gasteiger partial charge in [-0.3, -0.25) is 4.79 Å². The third-order valence-corrected chi connectivity index (χ3v) is 3.72. The largest absolute Gasteiger partial charge is 0.325 e. The number of carbonyl (C=O) groups excluding carboxylic acids is 1. The summed E-state index contributed by atoms with van der Waals surface area (Å²) in [7, 11) is 0. The van der Waals surface area contributed by atoms with E-state index < -0.39 is 0 Å². The van der Waals surface area contributed by atoms with Gasteiger partial charge in [-0.1, -0.05) is 22.0 Å². The molecule has 0 unspecified atom stereocenters. The van der Waals surface area contributed by atoms with Gasteiger partial charge in [0.25, 0.3) is 0 Å². The third-order valence-electron chi connectivity index (χ3n) is 1.82. The SMILES string of the molecule is CC(C)(N)CSCC(=O)Nc1cccc(Br)c1. The first kappa shape index (κ1) is 14.5. The predicted octanol–water partition coefficient (Wildman–Crippen LogP) is 2.86. The van der Waals surface area contributed by atoms with Crippen LogP contribution in [0.1, 0.15) is 13.8 Å². The molecule has 1 amide bonds. The monoisotopic (exact) mass is 316 g/mol. The number of hydrogen-bond acceptors (Lipinski definition) is 3. The Morgan fingerprint density at radius 1 is 1.53 bits per heavy atom. The van der Waals surface area contributed by atoms with E-state index in [4.69, 9.17) is 5.73 Å². The summed E-state index contributed by atoms with van der Waals surface area (Å²) in [5.41, 5.74) is 6.40. The number of amides is 1. The van der Waals surface area contributed by atoms with Crippen molar-refractivity contribution in [1.82, 2.24) is 0 Å². The molecule has 0 saturated heterocycles. The molecule has 0 aliphatic heterocycles. The maximum absolute atomic E-state index is 11.6. The summed E-state index contributed by atoms with van der Waals surface area (Å²) in [5, 5.41) is 2.84. The summed E-state index contributed by atoms with van der Waals surface area (Å²) < 4.78 is 0.950. The van der Waals surface area contributed by atoms with Gasteiger partial charge in [0.2, 0.25) is 5.91 Å². The molecule has 0 aliphatic rings. The van der Waals surface area contributed by atoms with Gasteiger partial charge in [-0.05, 0) is 32.0 Å². The van der Waals surface area contributed by atoms with Crippen LogP contribution < -0.4 is 11.1 Å². The Hall–Kier alpha value is -0.520. The van der Waals surface area contributed by atoms with Gasteiger partial charge in [-0.2, -0.15) is 11.8 Å². The van der Waals surface area contributed by atoms with Crippen molar-refractivity contribution in [3.05, 3.63) is 28.7 Å². The zero-order chi connectivity index (χ0) is 12.9. The van der Waals surface area contributed by atoms with Crippen LogP contribution in [0.2, 0.25) is 0 Å². The van der Waals surface area contributed by atoms with Crippen LogP contribution in [-0.4, -0.2) is 23.0 Å². The zero-order valence-electron chi connectivity index (χ0n) is 10.00. The van der Waals surface area contributed by atoms with Crippen LogP contribution >= 0.6 is 27.7 Å². The Kier molecular flexibility index (Phi) is 5.49. The summed E-state index contributed by atoms with van der Waals surface area (Å²) in [6.45, 7) is 3.90. The molecular weight excluding hydrogens is 300 g/mol. The van der Waals surface area contributed by atoms with Crippen LogP contribution in [0.25, 0.3) is 0 Å². The summed E-state index contributed by atoms with van der Waals surface area (Å²) >= 11 is 4.90. The van der Waals surface area contributed by atoms with Crippen molar-refractivity contribution in [2.24, 2.45) is 5.73 Å². The van der Waals surface area contributed by atoms with E-state index in [2.05, 4.69) is 21.2 Å². The molecule has 0 radical (unpaired) electrons. The smallest absolute Gasteiger partial charge is 0.234 e. The first-order valence-electron chi connectivity index (χ1n) is 5.29. The van der Waals surface area contributed by atoms with E-state index >= 15 is 0 Å². The molecule has 1 aromatic rings. The first-order chi connectivity index (χ1) is 7.87. The molecule has 0 heterocycles.